The van der Waals surface area contributed by atoms with Crippen molar-refractivity contribution in [1.82, 2.24) is 14.5 Å². The second kappa shape index (κ2) is 6.29. The molecule has 3 aromatic rings. The quantitative estimate of drug-likeness (QED) is 0.798. The second-order valence-corrected chi connectivity index (χ2v) is 6.37. The van der Waals surface area contributed by atoms with Gasteiger partial charge in [0, 0.05) is 30.8 Å². The van der Waals surface area contributed by atoms with Crippen molar-refractivity contribution in [3.05, 3.63) is 42.5 Å². The minimum absolute atomic E-state index is 0.122. The second-order valence-electron chi connectivity index (χ2n) is 6.37. The van der Waals surface area contributed by atoms with Gasteiger partial charge in [0.2, 0.25) is 0 Å². The summed E-state index contributed by atoms with van der Waals surface area (Å²) in [5, 5.41) is 4.91. The van der Waals surface area contributed by atoms with Gasteiger partial charge in [-0.3, -0.25) is 4.79 Å². The van der Waals surface area contributed by atoms with Gasteiger partial charge in [0.15, 0.2) is 0 Å². The van der Waals surface area contributed by atoms with Gasteiger partial charge >= 0.3 is 0 Å². The number of aryl methyl sites for hydroxylation is 1. The molecular formula is C19H20N4O2. The zero-order valence-electron chi connectivity index (χ0n) is 14.3. The maximum Gasteiger partial charge on any atom is 0.254 e. The molecule has 1 aliphatic heterocycles. The fraction of sp³-hybridized carbons (Fsp3) is 0.316. The molecule has 1 aromatic carbocycles. The van der Waals surface area contributed by atoms with Crippen LogP contribution in [0.3, 0.4) is 0 Å². The Hall–Kier alpha value is -2.73. The van der Waals surface area contributed by atoms with Gasteiger partial charge in [0.1, 0.15) is 17.7 Å². The number of carbonyl (C=O) groups excluding carboxylic acids is 1. The lowest BCUT2D eigenvalue weighted by Crippen LogP contribution is -2.27. The highest BCUT2D eigenvalue weighted by Crippen LogP contribution is 2.26. The third kappa shape index (κ3) is 3.00. The van der Waals surface area contributed by atoms with E-state index in [0.717, 1.165) is 40.7 Å². The monoisotopic (exact) mass is 336 g/mol. The number of imidazole rings is 1. The van der Waals surface area contributed by atoms with E-state index in [0.29, 0.717) is 12.4 Å². The molecule has 128 valence electrons. The van der Waals surface area contributed by atoms with Crippen LogP contribution in [0.15, 0.2) is 36.7 Å². The first-order valence-electron chi connectivity index (χ1n) is 8.43. The molecular weight excluding hydrogens is 316 g/mol. The average molecular weight is 336 g/mol. The molecule has 25 heavy (non-hydrogen) atoms. The Balaban J connectivity index is 1.64. The van der Waals surface area contributed by atoms with Gasteiger partial charge in [-0.05, 0) is 37.3 Å². The molecule has 0 bridgehead atoms. The number of hydrogen-bond acceptors (Lipinski definition) is 4. The number of pyridine rings is 1. The fourth-order valence-electron chi connectivity index (χ4n) is 3.13. The van der Waals surface area contributed by atoms with Crippen LogP contribution in [0.5, 0.6) is 0 Å². The summed E-state index contributed by atoms with van der Waals surface area (Å²) in [4.78, 5) is 20.9. The van der Waals surface area contributed by atoms with E-state index >= 15 is 0 Å². The highest BCUT2D eigenvalue weighted by Gasteiger charge is 2.23. The van der Waals surface area contributed by atoms with Crippen molar-refractivity contribution < 1.29 is 9.53 Å². The lowest BCUT2D eigenvalue weighted by molar-refractivity contribution is -0.124. The number of benzene rings is 1. The van der Waals surface area contributed by atoms with Crippen molar-refractivity contribution in [2.75, 3.05) is 11.9 Å². The Kier molecular flexibility index (Phi) is 3.97. The van der Waals surface area contributed by atoms with Gasteiger partial charge in [0.25, 0.3) is 5.91 Å². The number of ether oxygens (including phenoxy) is 1. The predicted molar refractivity (Wildman–Crippen MR) is 96.3 cm³/mol. The number of amides is 1. The summed E-state index contributed by atoms with van der Waals surface area (Å²) >= 11 is 0. The van der Waals surface area contributed by atoms with E-state index in [1.54, 1.807) is 6.20 Å². The first-order chi connectivity index (χ1) is 12.1. The van der Waals surface area contributed by atoms with Crippen LogP contribution < -0.4 is 5.32 Å². The molecule has 0 saturated carbocycles. The van der Waals surface area contributed by atoms with Gasteiger partial charge in [0.05, 0.1) is 11.9 Å². The van der Waals surface area contributed by atoms with Crippen LogP contribution >= 0.6 is 0 Å². The topological polar surface area (TPSA) is 69.0 Å². The highest BCUT2D eigenvalue weighted by atomic mass is 16.5. The minimum atomic E-state index is -0.360. The van der Waals surface area contributed by atoms with Gasteiger partial charge in [-0.2, -0.15) is 0 Å². The fourth-order valence-corrected chi connectivity index (χ4v) is 3.13. The summed E-state index contributed by atoms with van der Waals surface area (Å²) in [5.74, 6) is 1.39. The molecule has 6 nitrogen and oxygen atoms in total. The molecule has 4 rings (SSSR count). The van der Waals surface area contributed by atoms with Gasteiger partial charge in [-0.25, -0.2) is 9.97 Å². The average Bonchev–Trinajstić information content (AvgIpc) is 3.26. The lowest BCUT2D eigenvalue weighted by atomic mass is 10.1. The largest absolute Gasteiger partial charge is 0.368 e. The predicted octanol–water partition coefficient (Wildman–Crippen LogP) is 3.06. The zero-order chi connectivity index (χ0) is 17.4. The molecule has 1 aliphatic rings. The van der Waals surface area contributed by atoms with E-state index in [2.05, 4.69) is 32.0 Å². The van der Waals surface area contributed by atoms with Crippen molar-refractivity contribution in [3.8, 4) is 11.3 Å². The van der Waals surface area contributed by atoms with Crippen molar-refractivity contribution in [1.29, 1.82) is 0 Å². The SMILES string of the molecule is Cc1ncc(-c2ccc3cnc(NC(=O)[C@H]4CCCO4)cc3c2)n1C. The third-order valence-corrected chi connectivity index (χ3v) is 4.71. The molecule has 2 aromatic heterocycles. The Morgan fingerprint density at radius 3 is 2.84 bits per heavy atom. The molecule has 0 aliphatic carbocycles. The van der Waals surface area contributed by atoms with Crippen molar-refractivity contribution in [2.45, 2.75) is 25.9 Å². The molecule has 1 atom stereocenters. The summed E-state index contributed by atoms with van der Waals surface area (Å²) in [5.41, 5.74) is 2.14. The maximum absolute atomic E-state index is 12.2. The van der Waals surface area contributed by atoms with Crippen LogP contribution in [-0.2, 0) is 16.6 Å². The summed E-state index contributed by atoms with van der Waals surface area (Å²) in [7, 11) is 2.00. The molecule has 0 radical (unpaired) electrons. The third-order valence-electron chi connectivity index (χ3n) is 4.71. The number of fused-ring (bicyclic) bond motifs is 1. The van der Waals surface area contributed by atoms with Crippen LogP contribution in [0, 0.1) is 6.92 Å². The zero-order valence-corrected chi connectivity index (χ0v) is 14.3. The molecule has 1 N–H and O–H groups in total. The number of rotatable bonds is 3. The van der Waals surface area contributed by atoms with E-state index in [-0.39, 0.29) is 12.0 Å². The molecule has 0 unspecified atom stereocenters. The van der Waals surface area contributed by atoms with E-state index < -0.39 is 0 Å². The molecule has 1 amide bonds. The number of anilines is 1. The summed E-state index contributed by atoms with van der Waals surface area (Å²) in [6.07, 6.45) is 4.98. The van der Waals surface area contributed by atoms with Gasteiger partial charge < -0.3 is 14.6 Å². The van der Waals surface area contributed by atoms with Gasteiger partial charge in [-0.1, -0.05) is 12.1 Å². The number of hydrogen-bond donors (Lipinski definition) is 1. The normalized spacial score (nSPS) is 17.1. The molecule has 6 heteroatoms. The molecule has 3 heterocycles. The van der Waals surface area contributed by atoms with Crippen molar-refractivity contribution in [3.63, 3.8) is 0 Å². The molecule has 1 fully saturated rings. The van der Waals surface area contributed by atoms with Crippen LogP contribution in [0.25, 0.3) is 22.0 Å². The number of aromatic nitrogens is 3. The highest BCUT2D eigenvalue weighted by molar-refractivity contribution is 5.96. The number of nitrogens with zero attached hydrogens (tertiary/aromatic N) is 3. The lowest BCUT2D eigenvalue weighted by Gasteiger charge is -2.11. The van der Waals surface area contributed by atoms with Crippen LogP contribution in [0.2, 0.25) is 0 Å². The Morgan fingerprint density at radius 1 is 1.24 bits per heavy atom. The van der Waals surface area contributed by atoms with Gasteiger partial charge in [-0.15, -0.1) is 0 Å². The number of nitrogens with one attached hydrogen (secondary N) is 1. The van der Waals surface area contributed by atoms with E-state index in [9.17, 15) is 4.79 Å². The van der Waals surface area contributed by atoms with Crippen LogP contribution in [0.1, 0.15) is 18.7 Å². The first-order valence-corrected chi connectivity index (χ1v) is 8.43. The minimum Gasteiger partial charge on any atom is -0.368 e. The van der Waals surface area contributed by atoms with E-state index in [4.69, 9.17) is 4.74 Å². The summed E-state index contributed by atoms with van der Waals surface area (Å²) < 4.78 is 7.48. The summed E-state index contributed by atoms with van der Waals surface area (Å²) in [6, 6.07) is 8.08. The van der Waals surface area contributed by atoms with Crippen LogP contribution in [-0.4, -0.2) is 33.2 Å². The Morgan fingerprint density at radius 2 is 2.12 bits per heavy atom. The Bertz CT molecular complexity index is 942. The summed E-state index contributed by atoms with van der Waals surface area (Å²) in [6.45, 7) is 2.63. The number of carbonyl (C=O) groups is 1. The van der Waals surface area contributed by atoms with Crippen LogP contribution in [0.4, 0.5) is 5.82 Å². The first kappa shape index (κ1) is 15.8. The smallest absolute Gasteiger partial charge is 0.254 e. The van der Waals surface area contributed by atoms with Crippen molar-refractivity contribution in [2.24, 2.45) is 7.05 Å². The maximum atomic E-state index is 12.2. The van der Waals surface area contributed by atoms with E-state index in [1.807, 2.05) is 32.3 Å². The molecule has 1 saturated heterocycles. The standard InChI is InChI=1S/C19H20N4O2/c1-12-20-11-16(23(12)2)13-5-6-14-10-21-18(9-15(14)8-13)22-19(24)17-4-3-7-25-17/h5-6,8-11,17H,3-4,7H2,1-2H3,(H,21,22,24)/t17-/m1/s1. The van der Waals surface area contributed by atoms with E-state index in [1.165, 1.54) is 0 Å². The molecule has 0 spiro atoms. The van der Waals surface area contributed by atoms with Crippen molar-refractivity contribution >= 4 is 22.5 Å². The Labute approximate surface area is 145 Å².